The number of aromatic amines is 1. The number of hydrogen-bond donors (Lipinski definition) is 1. The number of likely N-dealkylation sites (tertiary alicyclic amines) is 1. The molecule has 0 aliphatic carbocycles. The Morgan fingerprint density at radius 1 is 1.42 bits per heavy atom. The summed E-state index contributed by atoms with van der Waals surface area (Å²) in [5.74, 6) is 0.194. The molecule has 0 spiro atoms. The van der Waals surface area contributed by atoms with Crippen LogP contribution in [0.15, 0.2) is 12.4 Å². The summed E-state index contributed by atoms with van der Waals surface area (Å²) >= 11 is 0. The number of carbonyl (C=O) groups excluding carboxylic acids is 1. The van der Waals surface area contributed by atoms with Crippen LogP contribution in [0, 0.1) is 25.2 Å². The number of rotatable bonds is 6. The summed E-state index contributed by atoms with van der Waals surface area (Å²) in [5.41, 5.74) is 4.25. The van der Waals surface area contributed by atoms with Gasteiger partial charge in [0, 0.05) is 30.4 Å². The molecule has 1 N–H and O–H groups in total. The van der Waals surface area contributed by atoms with Gasteiger partial charge < -0.3 is 4.90 Å². The average molecular weight is 354 g/mol. The number of aryl methyl sites for hydroxylation is 2. The first-order chi connectivity index (χ1) is 12.6. The van der Waals surface area contributed by atoms with Crippen molar-refractivity contribution in [2.24, 2.45) is 0 Å². The van der Waals surface area contributed by atoms with Gasteiger partial charge in [-0.3, -0.25) is 14.6 Å². The van der Waals surface area contributed by atoms with Gasteiger partial charge in [-0.15, -0.1) is 0 Å². The molecule has 0 bridgehead atoms. The highest BCUT2D eigenvalue weighted by Crippen LogP contribution is 2.31. The van der Waals surface area contributed by atoms with Crippen molar-refractivity contribution in [3.63, 3.8) is 0 Å². The highest BCUT2D eigenvalue weighted by atomic mass is 16.2. The van der Waals surface area contributed by atoms with Crippen molar-refractivity contribution < 1.29 is 4.79 Å². The van der Waals surface area contributed by atoms with Gasteiger partial charge in [0.2, 0.25) is 5.91 Å². The minimum atomic E-state index is 0.135. The van der Waals surface area contributed by atoms with E-state index in [9.17, 15) is 4.79 Å². The quantitative estimate of drug-likeness (QED) is 0.863. The van der Waals surface area contributed by atoms with Gasteiger partial charge in [-0.05, 0) is 45.1 Å². The number of nitriles is 1. The van der Waals surface area contributed by atoms with Gasteiger partial charge in [-0.2, -0.15) is 15.5 Å². The summed E-state index contributed by atoms with van der Waals surface area (Å²) < 4.78 is 1.88. The van der Waals surface area contributed by atoms with E-state index in [4.69, 9.17) is 5.26 Å². The maximum absolute atomic E-state index is 12.9. The molecule has 7 heteroatoms. The van der Waals surface area contributed by atoms with E-state index in [-0.39, 0.29) is 11.9 Å². The lowest BCUT2D eigenvalue weighted by Gasteiger charge is -2.35. The highest BCUT2D eigenvalue weighted by molar-refractivity contribution is 5.77. The van der Waals surface area contributed by atoms with Gasteiger partial charge in [-0.1, -0.05) is 0 Å². The van der Waals surface area contributed by atoms with Gasteiger partial charge in [0.15, 0.2) is 0 Å². The van der Waals surface area contributed by atoms with E-state index in [2.05, 4.69) is 21.4 Å². The van der Waals surface area contributed by atoms with Crippen LogP contribution in [0.2, 0.25) is 0 Å². The molecular weight excluding hydrogens is 328 g/mol. The van der Waals surface area contributed by atoms with Crippen LogP contribution in [-0.4, -0.2) is 37.3 Å². The molecule has 1 unspecified atom stereocenters. The number of hydrogen-bond acceptors (Lipinski definition) is 4. The molecule has 1 amide bonds. The van der Waals surface area contributed by atoms with E-state index >= 15 is 0 Å². The third kappa shape index (κ3) is 3.79. The molecule has 0 radical (unpaired) electrons. The summed E-state index contributed by atoms with van der Waals surface area (Å²) in [4.78, 5) is 14.9. The van der Waals surface area contributed by atoms with E-state index in [0.29, 0.717) is 25.8 Å². The molecule has 2 aromatic heterocycles. The molecular formula is C19H26N6O. The number of amides is 1. The van der Waals surface area contributed by atoms with Crippen LogP contribution in [-0.2, 0) is 17.8 Å². The van der Waals surface area contributed by atoms with Crippen LogP contribution < -0.4 is 0 Å². The minimum Gasteiger partial charge on any atom is -0.336 e. The third-order valence-corrected chi connectivity index (χ3v) is 5.28. The zero-order valence-corrected chi connectivity index (χ0v) is 15.5. The fourth-order valence-electron chi connectivity index (χ4n) is 3.86. The Balaban J connectivity index is 1.66. The highest BCUT2D eigenvalue weighted by Gasteiger charge is 2.28. The molecule has 1 atom stereocenters. The Kier molecular flexibility index (Phi) is 5.71. The summed E-state index contributed by atoms with van der Waals surface area (Å²) in [6.07, 6.45) is 8.54. The van der Waals surface area contributed by atoms with Gasteiger partial charge in [0.25, 0.3) is 0 Å². The fourth-order valence-corrected chi connectivity index (χ4v) is 3.86. The summed E-state index contributed by atoms with van der Waals surface area (Å²) in [5, 5.41) is 20.2. The van der Waals surface area contributed by atoms with E-state index < -0.39 is 0 Å². The number of nitrogens with zero attached hydrogens (tertiary/aromatic N) is 5. The first kappa shape index (κ1) is 18.2. The number of aromatic nitrogens is 4. The number of piperidine rings is 1. The molecule has 7 nitrogen and oxygen atoms in total. The van der Waals surface area contributed by atoms with E-state index in [0.717, 1.165) is 48.3 Å². The molecule has 138 valence electrons. The lowest BCUT2D eigenvalue weighted by atomic mass is 9.96. The first-order valence-electron chi connectivity index (χ1n) is 9.29. The number of H-pyrrole nitrogens is 1. The summed E-state index contributed by atoms with van der Waals surface area (Å²) in [7, 11) is 0. The summed E-state index contributed by atoms with van der Waals surface area (Å²) in [6, 6.07) is 2.29. The normalized spacial score (nSPS) is 17.3. The molecule has 1 aliphatic rings. The standard InChI is InChI=1S/C19H26N6O/c1-14-17(15(2)25(23-14)11-5-9-20)7-8-19(26)24-10-4-3-6-18(24)16-12-21-22-13-16/h12-13,18H,3-8,10-11H2,1-2H3,(H,21,22). The third-order valence-electron chi connectivity index (χ3n) is 5.28. The Morgan fingerprint density at radius 3 is 3.00 bits per heavy atom. The van der Waals surface area contributed by atoms with E-state index in [1.807, 2.05) is 35.8 Å². The van der Waals surface area contributed by atoms with Gasteiger partial charge >= 0.3 is 0 Å². The zero-order valence-electron chi connectivity index (χ0n) is 15.5. The Hall–Kier alpha value is -2.62. The Morgan fingerprint density at radius 2 is 2.27 bits per heavy atom. The predicted octanol–water partition coefficient (Wildman–Crippen LogP) is 2.82. The molecule has 1 saturated heterocycles. The van der Waals surface area contributed by atoms with Crippen LogP contribution in [0.25, 0.3) is 0 Å². The molecule has 3 rings (SSSR count). The predicted molar refractivity (Wildman–Crippen MR) is 97.1 cm³/mol. The Bertz CT molecular complexity index is 786. The largest absolute Gasteiger partial charge is 0.336 e. The van der Waals surface area contributed by atoms with Crippen molar-refractivity contribution in [1.29, 1.82) is 5.26 Å². The molecule has 26 heavy (non-hydrogen) atoms. The van der Waals surface area contributed by atoms with E-state index in [1.54, 1.807) is 0 Å². The average Bonchev–Trinajstić information content (AvgIpc) is 3.27. The fraction of sp³-hybridized carbons (Fsp3) is 0.579. The second-order valence-corrected chi connectivity index (χ2v) is 6.91. The van der Waals surface area contributed by atoms with Gasteiger partial charge in [0.05, 0.1) is 37.0 Å². The first-order valence-corrected chi connectivity index (χ1v) is 9.29. The van der Waals surface area contributed by atoms with Gasteiger partial charge in [0.1, 0.15) is 0 Å². The van der Waals surface area contributed by atoms with Crippen molar-refractivity contribution in [3.05, 3.63) is 34.9 Å². The molecule has 2 aromatic rings. The van der Waals surface area contributed by atoms with Crippen molar-refractivity contribution in [1.82, 2.24) is 24.9 Å². The van der Waals surface area contributed by atoms with Crippen molar-refractivity contribution in [3.8, 4) is 6.07 Å². The van der Waals surface area contributed by atoms with Crippen molar-refractivity contribution in [2.75, 3.05) is 6.54 Å². The van der Waals surface area contributed by atoms with Crippen molar-refractivity contribution in [2.45, 2.75) is 65.0 Å². The molecule has 1 fully saturated rings. The monoisotopic (exact) mass is 354 g/mol. The van der Waals surface area contributed by atoms with Crippen LogP contribution in [0.5, 0.6) is 0 Å². The molecule has 1 aliphatic heterocycles. The number of nitrogens with one attached hydrogen (secondary N) is 1. The lowest BCUT2D eigenvalue weighted by molar-refractivity contribution is -0.135. The zero-order chi connectivity index (χ0) is 18.5. The lowest BCUT2D eigenvalue weighted by Crippen LogP contribution is -2.38. The molecule has 3 heterocycles. The van der Waals surface area contributed by atoms with Crippen molar-refractivity contribution >= 4 is 5.91 Å². The van der Waals surface area contributed by atoms with Crippen LogP contribution in [0.1, 0.15) is 60.7 Å². The topological polar surface area (TPSA) is 90.6 Å². The Labute approximate surface area is 154 Å². The minimum absolute atomic E-state index is 0.135. The van der Waals surface area contributed by atoms with Crippen LogP contribution in [0.4, 0.5) is 0 Å². The van der Waals surface area contributed by atoms with Crippen LogP contribution in [0.3, 0.4) is 0 Å². The van der Waals surface area contributed by atoms with Crippen LogP contribution >= 0.6 is 0 Å². The smallest absolute Gasteiger partial charge is 0.223 e. The molecule has 0 aromatic carbocycles. The summed E-state index contributed by atoms with van der Waals surface area (Å²) in [6.45, 7) is 5.41. The second-order valence-electron chi connectivity index (χ2n) is 6.91. The van der Waals surface area contributed by atoms with E-state index in [1.165, 1.54) is 0 Å². The van der Waals surface area contributed by atoms with Gasteiger partial charge in [-0.25, -0.2) is 0 Å². The number of carbonyl (C=O) groups is 1. The molecule has 0 saturated carbocycles. The SMILES string of the molecule is Cc1nn(CCC#N)c(C)c1CCC(=O)N1CCCCC1c1cn[nH]c1. The maximum Gasteiger partial charge on any atom is 0.223 e. The second kappa shape index (κ2) is 8.17. The maximum atomic E-state index is 12.9.